The summed E-state index contributed by atoms with van der Waals surface area (Å²) < 4.78 is 5.55. The van der Waals surface area contributed by atoms with Gasteiger partial charge in [-0.15, -0.1) is 0 Å². The molecule has 1 saturated heterocycles. The van der Waals surface area contributed by atoms with Crippen LogP contribution in [-0.4, -0.2) is 54.2 Å². The minimum atomic E-state index is -1.17. The maximum atomic E-state index is 12.9. The molecule has 1 heterocycles. The van der Waals surface area contributed by atoms with E-state index in [2.05, 4.69) is 16.0 Å². The minimum Gasteiger partial charge on any atom is -0.481 e. The van der Waals surface area contributed by atoms with Crippen molar-refractivity contribution in [2.45, 2.75) is 30.8 Å². The standard InChI is InChI=1S/C25H25N3O6/c29-22-21(18(11-26-22)24(31)32)27-23(30)20(13-9-10-13)28-25(33)34-12-19-16-7-3-1-5-14(16)15-6-2-4-8-17(15)19/h1-8,13,18-21H,9-12H2,(H,26,29)(H,27,30)(H,28,33)(H,31,32). The van der Waals surface area contributed by atoms with E-state index in [0.717, 1.165) is 35.1 Å². The van der Waals surface area contributed by atoms with Crippen molar-refractivity contribution >= 4 is 23.9 Å². The Morgan fingerprint density at radius 2 is 1.65 bits per heavy atom. The molecule has 2 fully saturated rings. The highest BCUT2D eigenvalue weighted by molar-refractivity contribution is 5.96. The lowest BCUT2D eigenvalue weighted by Gasteiger charge is -2.22. The molecule has 2 aromatic rings. The number of carboxylic acid groups (broad SMARTS) is 1. The summed E-state index contributed by atoms with van der Waals surface area (Å²) in [5, 5.41) is 16.9. The summed E-state index contributed by atoms with van der Waals surface area (Å²) in [4.78, 5) is 48.9. The molecule has 9 nitrogen and oxygen atoms in total. The van der Waals surface area contributed by atoms with Crippen LogP contribution in [0.25, 0.3) is 11.1 Å². The number of fused-ring (bicyclic) bond motifs is 3. The molecule has 3 unspecified atom stereocenters. The highest BCUT2D eigenvalue weighted by Gasteiger charge is 2.44. The van der Waals surface area contributed by atoms with E-state index in [1.807, 2.05) is 48.5 Å². The van der Waals surface area contributed by atoms with Crippen LogP contribution in [0.15, 0.2) is 48.5 Å². The number of carbonyl (C=O) groups is 4. The van der Waals surface area contributed by atoms with Gasteiger partial charge in [-0.2, -0.15) is 0 Å². The van der Waals surface area contributed by atoms with Gasteiger partial charge in [-0.1, -0.05) is 48.5 Å². The molecule has 9 heteroatoms. The first-order valence-electron chi connectivity index (χ1n) is 11.4. The third kappa shape index (κ3) is 4.09. The van der Waals surface area contributed by atoms with E-state index in [-0.39, 0.29) is 25.0 Å². The predicted octanol–water partition coefficient (Wildman–Crippen LogP) is 1.62. The molecule has 3 amide bonds. The smallest absolute Gasteiger partial charge is 0.407 e. The van der Waals surface area contributed by atoms with Crippen LogP contribution in [0.4, 0.5) is 4.79 Å². The van der Waals surface area contributed by atoms with Crippen molar-refractivity contribution in [3.05, 3.63) is 59.7 Å². The van der Waals surface area contributed by atoms with Crippen molar-refractivity contribution in [3.63, 3.8) is 0 Å². The van der Waals surface area contributed by atoms with Gasteiger partial charge in [-0.25, -0.2) is 4.79 Å². The Labute approximate surface area is 195 Å². The van der Waals surface area contributed by atoms with Crippen LogP contribution in [-0.2, 0) is 19.1 Å². The molecule has 34 heavy (non-hydrogen) atoms. The van der Waals surface area contributed by atoms with Crippen molar-refractivity contribution in [3.8, 4) is 11.1 Å². The molecule has 0 aromatic heterocycles. The molecular formula is C25H25N3O6. The predicted molar refractivity (Wildman–Crippen MR) is 121 cm³/mol. The lowest BCUT2D eigenvalue weighted by atomic mass is 9.98. The molecule has 2 aliphatic carbocycles. The van der Waals surface area contributed by atoms with E-state index >= 15 is 0 Å². The van der Waals surface area contributed by atoms with Crippen LogP contribution < -0.4 is 16.0 Å². The van der Waals surface area contributed by atoms with E-state index in [4.69, 9.17) is 4.74 Å². The Balaban J connectivity index is 1.23. The monoisotopic (exact) mass is 463 g/mol. The highest BCUT2D eigenvalue weighted by atomic mass is 16.5. The second kappa shape index (κ2) is 8.81. The number of aliphatic carboxylic acids is 1. The lowest BCUT2D eigenvalue weighted by molar-refractivity contribution is -0.143. The topological polar surface area (TPSA) is 134 Å². The molecule has 2 aromatic carbocycles. The summed E-state index contributed by atoms with van der Waals surface area (Å²) in [6.07, 6.45) is 0.779. The SMILES string of the molecule is O=C(NC(C(=O)NC1C(=O)NCC1C(=O)O)C1CC1)OCC1c2ccccc2-c2ccccc21. The van der Waals surface area contributed by atoms with Crippen molar-refractivity contribution < 1.29 is 29.0 Å². The number of hydrogen-bond acceptors (Lipinski definition) is 5. The Morgan fingerprint density at radius 3 is 2.24 bits per heavy atom. The molecule has 3 aliphatic rings. The number of benzene rings is 2. The van der Waals surface area contributed by atoms with Crippen LogP contribution in [0.2, 0.25) is 0 Å². The van der Waals surface area contributed by atoms with Crippen LogP contribution in [0, 0.1) is 11.8 Å². The minimum absolute atomic E-state index is 0.0486. The summed E-state index contributed by atoms with van der Waals surface area (Å²) in [5.74, 6) is -3.53. The van der Waals surface area contributed by atoms with Crippen LogP contribution in [0.3, 0.4) is 0 Å². The second-order valence-corrected chi connectivity index (χ2v) is 8.96. The Hall–Kier alpha value is -3.88. The van der Waals surface area contributed by atoms with E-state index in [1.54, 1.807) is 0 Å². The first-order chi connectivity index (χ1) is 16.4. The number of rotatable bonds is 7. The summed E-state index contributed by atoms with van der Waals surface area (Å²) in [7, 11) is 0. The van der Waals surface area contributed by atoms with Gasteiger partial charge in [0.25, 0.3) is 0 Å². The maximum absolute atomic E-state index is 12.9. The highest BCUT2D eigenvalue weighted by Crippen LogP contribution is 2.44. The zero-order valence-corrected chi connectivity index (χ0v) is 18.3. The third-order valence-electron chi connectivity index (χ3n) is 6.79. The molecule has 1 saturated carbocycles. The summed E-state index contributed by atoms with van der Waals surface area (Å²) in [6.45, 7) is 0.0675. The normalized spacial score (nSPS) is 21.7. The molecule has 0 spiro atoms. The molecule has 0 bridgehead atoms. The zero-order valence-electron chi connectivity index (χ0n) is 18.3. The second-order valence-electron chi connectivity index (χ2n) is 8.96. The van der Waals surface area contributed by atoms with E-state index < -0.39 is 41.9 Å². The van der Waals surface area contributed by atoms with E-state index in [1.165, 1.54) is 0 Å². The number of hydrogen-bond donors (Lipinski definition) is 4. The van der Waals surface area contributed by atoms with Gasteiger partial charge >= 0.3 is 12.1 Å². The van der Waals surface area contributed by atoms with Crippen LogP contribution in [0.5, 0.6) is 0 Å². The van der Waals surface area contributed by atoms with Crippen molar-refractivity contribution in [2.24, 2.45) is 11.8 Å². The quantitative estimate of drug-likeness (QED) is 0.493. The first-order valence-corrected chi connectivity index (χ1v) is 11.4. The number of ether oxygens (including phenoxy) is 1. The maximum Gasteiger partial charge on any atom is 0.407 e. The molecule has 1 aliphatic heterocycles. The van der Waals surface area contributed by atoms with Crippen LogP contribution in [0.1, 0.15) is 29.9 Å². The van der Waals surface area contributed by atoms with Crippen LogP contribution >= 0.6 is 0 Å². The van der Waals surface area contributed by atoms with E-state index in [9.17, 15) is 24.3 Å². The largest absolute Gasteiger partial charge is 0.481 e. The van der Waals surface area contributed by atoms with Gasteiger partial charge in [0.2, 0.25) is 11.8 Å². The number of carboxylic acids is 1. The Kier molecular flexibility index (Phi) is 5.69. The fourth-order valence-electron chi connectivity index (χ4n) is 4.85. The van der Waals surface area contributed by atoms with Gasteiger partial charge in [0.15, 0.2) is 0 Å². The average Bonchev–Trinajstić information content (AvgIpc) is 3.54. The Morgan fingerprint density at radius 1 is 1.03 bits per heavy atom. The molecule has 176 valence electrons. The zero-order chi connectivity index (χ0) is 23.8. The van der Waals surface area contributed by atoms with Gasteiger partial charge in [0.1, 0.15) is 24.6 Å². The molecule has 5 rings (SSSR count). The number of amides is 3. The van der Waals surface area contributed by atoms with Gasteiger partial charge in [-0.05, 0) is 41.0 Å². The number of carbonyl (C=O) groups excluding carboxylic acids is 3. The molecule has 4 N–H and O–H groups in total. The fraction of sp³-hybridized carbons (Fsp3) is 0.360. The Bertz CT molecular complexity index is 1120. The van der Waals surface area contributed by atoms with Crippen molar-refractivity contribution in [1.29, 1.82) is 0 Å². The fourth-order valence-corrected chi connectivity index (χ4v) is 4.85. The van der Waals surface area contributed by atoms with E-state index in [0.29, 0.717) is 0 Å². The summed E-state index contributed by atoms with van der Waals surface area (Å²) >= 11 is 0. The van der Waals surface area contributed by atoms with Gasteiger partial charge in [-0.3, -0.25) is 14.4 Å². The first kappa shape index (κ1) is 21.9. The van der Waals surface area contributed by atoms with Crippen molar-refractivity contribution in [1.82, 2.24) is 16.0 Å². The van der Waals surface area contributed by atoms with Gasteiger partial charge in [0, 0.05) is 12.5 Å². The summed E-state index contributed by atoms with van der Waals surface area (Å²) in [6, 6.07) is 13.9. The average molecular weight is 463 g/mol. The molecule has 3 atom stereocenters. The number of alkyl carbamates (subject to hydrolysis) is 1. The summed E-state index contributed by atoms with van der Waals surface area (Å²) in [5.41, 5.74) is 4.40. The molecule has 0 radical (unpaired) electrons. The van der Waals surface area contributed by atoms with Gasteiger partial charge in [0.05, 0.1) is 0 Å². The molecular weight excluding hydrogens is 438 g/mol. The van der Waals surface area contributed by atoms with Gasteiger partial charge < -0.3 is 25.8 Å². The number of nitrogens with one attached hydrogen (secondary N) is 3. The van der Waals surface area contributed by atoms with Crippen molar-refractivity contribution in [2.75, 3.05) is 13.2 Å². The third-order valence-corrected chi connectivity index (χ3v) is 6.79. The lowest BCUT2D eigenvalue weighted by Crippen LogP contribution is -2.54.